The van der Waals surface area contributed by atoms with Crippen LogP contribution >= 0.6 is 0 Å². The molecule has 3 radical (unpaired) electrons. The van der Waals surface area contributed by atoms with Crippen molar-refractivity contribution >= 4 is 27.2 Å². The Labute approximate surface area is 164 Å². The third-order valence-corrected chi connectivity index (χ3v) is 5.55. The van der Waals surface area contributed by atoms with E-state index < -0.39 is 0 Å². The first-order valence-electron chi connectivity index (χ1n) is 9.08. The van der Waals surface area contributed by atoms with Crippen molar-refractivity contribution in [2.24, 2.45) is 5.41 Å². The monoisotopic (exact) mass is 376 g/mol. The molecule has 2 aromatic carbocycles. The third kappa shape index (κ3) is 4.04. The van der Waals surface area contributed by atoms with Gasteiger partial charge in [0.25, 0.3) is 0 Å². The normalized spacial score (nSPS) is 13.7. The first-order chi connectivity index (χ1) is 12.6. The van der Waals surface area contributed by atoms with Crippen molar-refractivity contribution < 1.29 is 4.43 Å². The van der Waals surface area contributed by atoms with Gasteiger partial charge in [0.05, 0.1) is 5.60 Å². The number of fused-ring (bicyclic) bond motifs is 1. The molecule has 3 aromatic rings. The van der Waals surface area contributed by atoms with E-state index in [2.05, 4.69) is 91.5 Å². The fraction of sp³-hybridized carbons (Fsp3) is 0.364. The van der Waals surface area contributed by atoms with E-state index >= 15 is 0 Å². The summed E-state index contributed by atoms with van der Waals surface area (Å²) >= 11 is 0. The van der Waals surface area contributed by atoms with Crippen molar-refractivity contribution in [2.75, 3.05) is 5.73 Å². The summed E-state index contributed by atoms with van der Waals surface area (Å²) in [6.45, 7) is 11.0. The van der Waals surface area contributed by atoms with Crippen molar-refractivity contribution in [3.63, 3.8) is 0 Å². The second-order valence-corrected chi connectivity index (χ2v) is 8.86. The highest BCUT2D eigenvalue weighted by Crippen LogP contribution is 2.45. The lowest BCUT2D eigenvalue weighted by atomic mass is 9.68. The molecule has 0 saturated carbocycles. The molecule has 0 fully saturated rings. The molecule has 1 aromatic heterocycles. The summed E-state index contributed by atoms with van der Waals surface area (Å²) in [5.41, 5.74) is 8.59. The molecule has 0 aliphatic heterocycles. The van der Waals surface area contributed by atoms with Crippen LogP contribution in [0.25, 0.3) is 21.9 Å². The summed E-state index contributed by atoms with van der Waals surface area (Å²) in [6, 6.07) is 13.0. The van der Waals surface area contributed by atoms with Crippen molar-refractivity contribution in [2.45, 2.75) is 46.1 Å². The van der Waals surface area contributed by atoms with E-state index in [0.29, 0.717) is 0 Å². The summed E-state index contributed by atoms with van der Waals surface area (Å²) in [7, 11) is 3.28. The molecule has 0 aliphatic rings. The number of rotatable bonds is 4. The molecule has 0 bridgehead atoms. The van der Waals surface area contributed by atoms with Crippen LogP contribution in [0.5, 0.6) is 0 Å². The lowest BCUT2D eigenvalue weighted by Crippen LogP contribution is -2.39. The number of nitrogen functional groups attached to an aromatic ring is 1. The largest absolute Gasteiger partial charge is 0.413 e. The summed E-state index contributed by atoms with van der Waals surface area (Å²) < 4.78 is 5.66. The first-order valence-corrected chi connectivity index (χ1v) is 9.49. The molecule has 0 aliphatic carbocycles. The Bertz CT molecular complexity index is 946. The van der Waals surface area contributed by atoms with Crippen LogP contribution in [0.1, 0.15) is 46.1 Å². The van der Waals surface area contributed by atoms with E-state index in [-0.39, 0.29) is 22.9 Å². The highest BCUT2D eigenvalue weighted by atomic mass is 28.2. The van der Waals surface area contributed by atoms with Crippen molar-refractivity contribution in [3.05, 3.63) is 54.4 Å². The standard InChI is InChI=1S/C22H26N3OSi/c1-21(2,3)19(22(4,5)26-27)17-9-8-14-10-16(7-6-15(14)11-17)18-12-24-20(23)25-13-18/h6-13,19H,1-5H3,(H2,23,24,25). The van der Waals surface area contributed by atoms with Gasteiger partial charge in [-0.2, -0.15) is 0 Å². The minimum absolute atomic E-state index is 0.0467. The molecular formula is C22H26N3OSi. The van der Waals surface area contributed by atoms with E-state index in [1.165, 1.54) is 16.3 Å². The third-order valence-electron chi connectivity index (χ3n) is 5.03. The Kier molecular flexibility index (Phi) is 5.10. The zero-order valence-corrected chi connectivity index (χ0v) is 17.6. The Morgan fingerprint density at radius 2 is 1.48 bits per heavy atom. The number of aromatic nitrogens is 2. The number of anilines is 1. The maximum Gasteiger partial charge on any atom is 0.247 e. The SMILES string of the molecule is CC(C)(C)C(c1ccc2cc(-c3cnc(N)nc3)ccc2c1)C(C)(C)O[Si]. The van der Waals surface area contributed by atoms with E-state index in [0.717, 1.165) is 11.1 Å². The second-order valence-electron chi connectivity index (χ2n) is 8.66. The Morgan fingerprint density at radius 3 is 2.07 bits per heavy atom. The number of hydrogen-bond acceptors (Lipinski definition) is 4. The van der Waals surface area contributed by atoms with E-state index in [4.69, 9.17) is 10.2 Å². The van der Waals surface area contributed by atoms with Crippen LogP contribution in [0.3, 0.4) is 0 Å². The summed E-state index contributed by atoms with van der Waals surface area (Å²) in [4.78, 5) is 8.17. The molecule has 1 heterocycles. The second kappa shape index (κ2) is 7.06. The highest BCUT2D eigenvalue weighted by Gasteiger charge is 2.39. The first kappa shape index (κ1) is 19.5. The van der Waals surface area contributed by atoms with Gasteiger partial charge in [0.15, 0.2) is 0 Å². The molecule has 0 amide bonds. The van der Waals surface area contributed by atoms with Gasteiger partial charge in [-0.25, -0.2) is 9.97 Å². The number of hydrogen-bond donors (Lipinski definition) is 1. The number of benzene rings is 2. The predicted octanol–water partition coefficient (Wildman–Crippen LogP) is 4.89. The van der Waals surface area contributed by atoms with Gasteiger partial charge in [-0.15, -0.1) is 0 Å². The molecule has 2 N–H and O–H groups in total. The van der Waals surface area contributed by atoms with Crippen molar-refractivity contribution in [1.29, 1.82) is 0 Å². The Morgan fingerprint density at radius 1 is 0.889 bits per heavy atom. The minimum Gasteiger partial charge on any atom is -0.413 e. The molecule has 5 heteroatoms. The van der Waals surface area contributed by atoms with Gasteiger partial charge in [0.2, 0.25) is 16.4 Å². The van der Waals surface area contributed by atoms with Gasteiger partial charge < -0.3 is 10.2 Å². The van der Waals surface area contributed by atoms with Gasteiger partial charge in [-0.1, -0.05) is 51.1 Å². The maximum atomic E-state index is 5.66. The summed E-state index contributed by atoms with van der Waals surface area (Å²) in [5.74, 6) is 0.506. The minimum atomic E-state index is -0.343. The molecule has 139 valence electrons. The number of nitrogens with zero attached hydrogens (tertiary/aromatic N) is 2. The Balaban J connectivity index is 2.05. The smallest absolute Gasteiger partial charge is 0.247 e. The van der Waals surface area contributed by atoms with Crippen LogP contribution in [0, 0.1) is 5.41 Å². The average molecular weight is 377 g/mol. The molecule has 27 heavy (non-hydrogen) atoms. The quantitative estimate of drug-likeness (QED) is 0.659. The number of nitrogens with two attached hydrogens (primary N) is 1. The van der Waals surface area contributed by atoms with Crippen LogP contribution < -0.4 is 5.73 Å². The molecule has 1 unspecified atom stereocenters. The summed E-state index contributed by atoms with van der Waals surface area (Å²) in [6.07, 6.45) is 3.51. The molecule has 1 atom stereocenters. The molecular weight excluding hydrogens is 350 g/mol. The summed E-state index contributed by atoms with van der Waals surface area (Å²) in [5, 5.41) is 2.38. The van der Waals surface area contributed by atoms with Crippen molar-refractivity contribution in [3.8, 4) is 11.1 Å². The van der Waals surface area contributed by atoms with Gasteiger partial charge in [-0.05, 0) is 47.2 Å². The fourth-order valence-electron chi connectivity index (χ4n) is 4.11. The van der Waals surface area contributed by atoms with Gasteiger partial charge in [0, 0.05) is 23.9 Å². The molecule has 4 nitrogen and oxygen atoms in total. The lowest BCUT2D eigenvalue weighted by Gasteiger charge is -2.42. The predicted molar refractivity (Wildman–Crippen MR) is 113 cm³/mol. The molecule has 0 saturated heterocycles. The Hall–Kier alpha value is -2.24. The van der Waals surface area contributed by atoms with Gasteiger partial charge in [0.1, 0.15) is 0 Å². The van der Waals surface area contributed by atoms with Gasteiger partial charge in [-0.3, -0.25) is 0 Å². The van der Waals surface area contributed by atoms with Crippen molar-refractivity contribution in [1.82, 2.24) is 9.97 Å². The van der Waals surface area contributed by atoms with Crippen LogP contribution in [0.2, 0.25) is 0 Å². The fourth-order valence-corrected chi connectivity index (χ4v) is 4.23. The van der Waals surface area contributed by atoms with Crippen LogP contribution in [0.15, 0.2) is 48.8 Å². The van der Waals surface area contributed by atoms with E-state index in [1.54, 1.807) is 12.4 Å². The zero-order valence-electron chi connectivity index (χ0n) is 16.6. The molecule has 3 rings (SSSR count). The average Bonchev–Trinajstić information content (AvgIpc) is 2.60. The maximum absolute atomic E-state index is 5.66. The zero-order chi connectivity index (χ0) is 19.8. The van der Waals surface area contributed by atoms with Crippen LogP contribution in [0.4, 0.5) is 5.95 Å². The molecule has 0 spiro atoms. The van der Waals surface area contributed by atoms with E-state index in [9.17, 15) is 0 Å². The van der Waals surface area contributed by atoms with Gasteiger partial charge >= 0.3 is 0 Å². The lowest BCUT2D eigenvalue weighted by molar-refractivity contribution is 0.0405. The topological polar surface area (TPSA) is 61.0 Å². The highest BCUT2D eigenvalue weighted by molar-refractivity contribution is 5.98. The van der Waals surface area contributed by atoms with Crippen LogP contribution in [-0.4, -0.2) is 26.1 Å². The van der Waals surface area contributed by atoms with Crippen LogP contribution in [-0.2, 0) is 4.43 Å². The van der Waals surface area contributed by atoms with E-state index in [1.807, 2.05) is 0 Å².